The largest absolute Gasteiger partial charge is 0.320 e. The Labute approximate surface area is 99.4 Å². The van der Waals surface area contributed by atoms with Crippen LogP contribution < -0.4 is 11.1 Å². The molecule has 0 spiro atoms. The summed E-state index contributed by atoms with van der Waals surface area (Å²) in [5, 5.41) is 2.84. The predicted molar refractivity (Wildman–Crippen MR) is 63.3 cm³/mol. The van der Waals surface area contributed by atoms with Crippen LogP contribution in [0, 0.1) is 6.92 Å². The first-order chi connectivity index (χ1) is 7.52. The van der Waals surface area contributed by atoms with Crippen molar-refractivity contribution in [1.29, 1.82) is 0 Å². The Morgan fingerprint density at radius 2 is 2.31 bits per heavy atom. The first kappa shape index (κ1) is 12.9. The number of aryl methyl sites for hydroxylation is 1. The summed E-state index contributed by atoms with van der Waals surface area (Å²) >= 11 is 5.74. The molecule has 6 heteroatoms. The van der Waals surface area contributed by atoms with Gasteiger partial charge in [-0.05, 0) is 19.4 Å². The molecular weight excluding hydrogens is 228 g/mol. The number of halogens is 1. The van der Waals surface area contributed by atoms with Gasteiger partial charge in [-0.25, -0.2) is 9.97 Å². The first-order valence-corrected chi connectivity index (χ1v) is 5.48. The maximum Gasteiger partial charge on any atom is 0.243 e. The van der Waals surface area contributed by atoms with Crippen LogP contribution in [0.15, 0.2) is 6.07 Å². The molecule has 88 valence electrons. The molecule has 0 unspecified atom stereocenters. The van der Waals surface area contributed by atoms with E-state index in [0.29, 0.717) is 17.3 Å². The van der Waals surface area contributed by atoms with Crippen molar-refractivity contribution in [2.75, 3.05) is 5.32 Å². The average molecular weight is 243 g/mol. The zero-order valence-corrected chi connectivity index (χ0v) is 10.1. The molecule has 1 aromatic rings. The molecule has 1 aromatic heterocycles. The average Bonchev–Trinajstić information content (AvgIpc) is 2.16. The lowest BCUT2D eigenvalue weighted by atomic mass is 10.2. The number of nitrogens with zero attached hydrogens (tertiary/aromatic N) is 2. The van der Waals surface area contributed by atoms with Gasteiger partial charge in [0, 0.05) is 5.69 Å². The molecule has 1 atom stereocenters. The quantitative estimate of drug-likeness (QED) is 0.784. The second-order valence-electron chi connectivity index (χ2n) is 3.54. The van der Waals surface area contributed by atoms with Crippen molar-refractivity contribution in [3.8, 4) is 0 Å². The van der Waals surface area contributed by atoms with Crippen LogP contribution in [-0.2, 0) is 4.79 Å². The minimum Gasteiger partial charge on any atom is -0.320 e. The Hall–Kier alpha value is -1.20. The van der Waals surface area contributed by atoms with Gasteiger partial charge in [0.25, 0.3) is 0 Å². The fraction of sp³-hybridized carbons (Fsp3) is 0.500. The van der Waals surface area contributed by atoms with E-state index in [4.69, 9.17) is 17.3 Å². The third-order valence-corrected chi connectivity index (χ3v) is 2.19. The summed E-state index contributed by atoms with van der Waals surface area (Å²) in [6.45, 7) is 3.74. The number of aromatic nitrogens is 2. The Balaban J connectivity index is 2.69. The molecule has 0 fully saturated rings. The molecule has 0 saturated heterocycles. The van der Waals surface area contributed by atoms with E-state index in [2.05, 4.69) is 15.3 Å². The van der Waals surface area contributed by atoms with Crippen molar-refractivity contribution in [2.45, 2.75) is 32.7 Å². The van der Waals surface area contributed by atoms with Crippen LogP contribution in [0.3, 0.4) is 0 Å². The highest BCUT2D eigenvalue weighted by Gasteiger charge is 2.13. The van der Waals surface area contributed by atoms with Crippen LogP contribution in [0.25, 0.3) is 0 Å². The van der Waals surface area contributed by atoms with E-state index in [-0.39, 0.29) is 11.9 Å². The Bertz CT molecular complexity index is 363. The molecule has 1 rings (SSSR count). The number of nitrogens with one attached hydrogen (secondary N) is 1. The number of hydrogen-bond donors (Lipinski definition) is 2. The third-order valence-electron chi connectivity index (χ3n) is 1.99. The predicted octanol–water partition coefficient (Wildman–Crippen LogP) is 1.50. The summed E-state index contributed by atoms with van der Waals surface area (Å²) < 4.78 is 0. The molecule has 1 heterocycles. The van der Waals surface area contributed by atoms with Gasteiger partial charge >= 0.3 is 0 Å². The molecule has 0 aliphatic carbocycles. The standard InChI is InChI=1S/C10H15ClN4O/c1-3-4-7(12)9(16)15-10-13-6(2)5-8(11)14-10/h5,7H,3-4,12H2,1-2H3,(H,13,14,15,16)/t7-/m1/s1. The van der Waals surface area contributed by atoms with Crippen molar-refractivity contribution in [1.82, 2.24) is 9.97 Å². The molecule has 0 aliphatic rings. The van der Waals surface area contributed by atoms with Gasteiger partial charge in [0.2, 0.25) is 11.9 Å². The smallest absolute Gasteiger partial charge is 0.243 e. The number of carbonyl (C=O) groups is 1. The van der Waals surface area contributed by atoms with Crippen molar-refractivity contribution in [2.24, 2.45) is 5.73 Å². The lowest BCUT2D eigenvalue weighted by Crippen LogP contribution is -2.35. The molecule has 16 heavy (non-hydrogen) atoms. The van der Waals surface area contributed by atoms with Gasteiger partial charge in [0.05, 0.1) is 6.04 Å². The van der Waals surface area contributed by atoms with E-state index in [9.17, 15) is 4.79 Å². The molecule has 0 aliphatic heterocycles. The minimum absolute atomic E-state index is 0.196. The molecule has 0 radical (unpaired) electrons. The van der Waals surface area contributed by atoms with Gasteiger partial charge in [0.1, 0.15) is 5.15 Å². The number of hydrogen-bond acceptors (Lipinski definition) is 4. The van der Waals surface area contributed by atoms with E-state index in [1.807, 2.05) is 6.92 Å². The van der Waals surface area contributed by atoms with Crippen molar-refractivity contribution in [3.05, 3.63) is 16.9 Å². The topological polar surface area (TPSA) is 80.9 Å². The van der Waals surface area contributed by atoms with Gasteiger partial charge in [-0.3, -0.25) is 10.1 Å². The van der Waals surface area contributed by atoms with Gasteiger partial charge < -0.3 is 5.73 Å². The lowest BCUT2D eigenvalue weighted by Gasteiger charge is -2.10. The molecule has 0 saturated carbocycles. The molecule has 0 bridgehead atoms. The first-order valence-electron chi connectivity index (χ1n) is 5.10. The Morgan fingerprint density at radius 1 is 1.62 bits per heavy atom. The molecule has 1 amide bonds. The van der Waals surface area contributed by atoms with Crippen LogP contribution in [0.2, 0.25) is 5.15 Å². The zero-order chi connectivity index (χ0) is 12.1. The number of nitrogens with two attached hydrogens (primary N) is 1. The normalized spacial score (nSPS) is 12.2. The van der Waals surface area contributed by atoms with Crippen molar-refractivity contribution >= 4 is 23.5 Å². The highest BCUT2D eigenvalue weighted by Crippen LogP contribution is 2.09. The van der Waals surface area contributed by atoms with Gasteiger partial charge in [-0.15, -0.1) is 0 Å². The number of carbonyl (C=O) groups excluding carboxylic acids is 1. The van der Waals surface area contributed by atoms with E-state index in [1.165, 1.54) is 0 Å². The zero-order valence-electron chi connectivity index (χ0n) is 9.33. The summed E-state index contributed by atoms with van der Waals surface area (Å²) in [5.74, 6) is -0.0925. The third kappa shape index (κ3) is 3.75. The van der Waals surface area contributed by atoms with Crippen LogP contribution in [0.4, 0.5) is 5.95 Å². The summed E-state index contributed by atoms with van der Waals surface area (Å²) in [6.07, 6.45) is 1.48. The lowest BCUT2D eigenvalue weighted by molar-refractivity contribution is -0.117. The van der Waals surface area contributed by atoms with Crippen LogP contribution in [-0.4, -0.2) is 21.9 Å². The maximum atomic E-state index is 11.6. The summed E-state index contributed by atoms with van der Waals surface area (Å²) in [4.78, 5) is 19.5. The second-order valence-corrected chi connectivity index (χ2v) is 3.93. The number of anilines is 1. The van der Waals surface area contributed by atoms with Crippen LogP contribution in [0.1, 0.15) is 25.5 Å². The highest BCUT2D eigenvalue weighted by molar-refractivity contribution is 6.29. The second kappa shape index (κ2) is 5.77. The van der Waals surface area contributed by atoms with Crippen LogP contribution >= 0.6 is 11.6 Å². The van der Waals surface area contributed by atoms with Crippen molar-refractivity contribution in [3.63, 3.8) is 0 Å². The Kier molecular flexibility index (Phi) is 4.64. The number of rotatable bonds is 4. The fourth-order valence-electron chi connectivity index (χ4n) is 1.23. The highest BCUT2D eigenvalue weighted by atomic mass is 35.5. The van der Waals surface area contributed by atoms with E-state index in [1.54, 1.807) is 13.0 Å². The van der Waals surface area contributed by atoms with Gasteiger partial charge in [-0.2, -0.15) is 0 Å². The monoisotopic (exact) mass is 242 g/mol. The molecular formula is C10H15ClN4O. The van der Waals surface area contributed by atoms with Gasteiger partial charge in [0.15, 0.2) is 0 Å². The van der Waals surface area contributed by atoms with Crippen molar-refractivity contribution < 1.29 is 4.79 Å². The Morgan fingerprint density at radius 3 is 2.88 bits per heavy atom. The number of amides is 1. The minimum atomic E-state index is -0.534. The SMILES string of the molecule is CCC[C@@H](N)C(=O)Nc1nc(C)cc(Cl)n1. The maximum absolute atomic E-state index is 11.6. The fourth-order valence-corrected chi connectivity index (χ4v) is 1.47. The van der Waals surface area contributed by atoms with E-state index in [0.717, 1.165) is 6.42 Å². The van der Waals surface area contributed by atoms with Crippen LogP contribution in [0.5, 0.6) is 0 Å². The van der Waals surface area contributed by atoms with E-state index < -0.39 is 6.04 Å². The summed E-state index contributed by atoms with van der Waals surface area (Å²) in [5.41, 5.74) is 6.34. The molecule has 5 nitrogen and oxygen atoms in total. The van der Waals surface area contributed by atoms with Gasteiger partial charge in [-0.1, -0.05) is 24.9 Å². The molecule has 0 aromatic carbocycles. The van der Waals surface area contributed by atoms with E-state index >= 15 is 0 Å². The summed E-state index contributed by atoms with van der Waals surface area (Å²) in [7, 11) is 0. The summed E-state index contributed by atoms with van der Waals surface area (Å²) in [6, 6.07) is 1.08. The molecule has 3 N–H and O–H groups in total.